The van der Waals surface area contributed by atoms with Gasteiger partial charge in [-0.2, -0.15) is 0 Å². The number of hydrogen-bond donors (Lipinski definition) is 1. The van der Waals surface area contributed by atoms with Crippen LogP contribution >= 0.6 is 0 Å². The molecule has 0 heterocycles. The van der Waals surface area contributed by atoms with Gasteiger partial charge in [0.15, 0.2) is 0 Å². The van der Waals surface area contributed by atoms with Crippen LogP contribution in [0.25, 0.3) is 0 Å². The van der Waals surface area contributed by atoms with E-state index < -0.39 is 24.2 Å². The summed E-state index contributed by atoms with van der Waals surface area (Å²) in [6.45, 7) is 13.0. The number of nitrogens with zero attached hydrogens (tertiary/aromatic N) is 1. The fourth-order valence-electron chi connectivity index (χ4n) is 3.50. The highest BCUT2D eigenvalue weighted by molar-refractivity contribution is 5.89. The lowest BCUT2D eigenvalue weighted by molar-refractivity contribution is -0.141. The Morgan fingerprint density at radius 1 is 1.29 bits per heavy atom. The van der Waals surface area contributed by atoms with Crippen molar-refractivity contribution in [3.63, 3.8) is 0 Å². The quantitative estimate of drug-likeness (QED) is 0.454. The maximum absolute atomic E-state index is 12.4. The summed E-state index contributed by atoms with van der Waals surface area (Å²) in [5.41, 5.74) is 0.458. The summed E-state index contributed by atoms with van der Waals surface area (Å²) in [4.78, 5) is 38.2. The second-order valence-electron chi connectivity index (χ2n) is 6.91. The van der Waals surface area contributed by atoms with Crippen LogP contribution in [0.1, 0.15) is 53.9 Å². The van der Waals surface area contributed by atoms with Gasteiger partial charge >= 0.3 is 5.97 Å². The van der Waals surface area contributed by atoms with E-state index in [1.807, 2.05) is 13.8 Å². The molecular formula is C21H34N2O5. The zero-order chi connectivity index (χ0) is 21.3. The second kappa shape index (κ2) is 11.6. The number of rotatable bonds is 10. The molecule has 7 nitrogen and oxygen atoms in total. The first-order valence-corrected chi connectivity index (χ1v) is 9.97. The first-order valence-electron chi connectivity index (χ1n) is 9.97. The van der Waals surface area contributed by atoms with E-state index in [9.17, 15) is 14.4 Å². The van der Waals surface area contributed by atoms with Crippen molar-refractivity contribution in [3.05, 3.63) is 24.3 Å². The van der Waals surface area contributed by atoms with E-state index in [1.165, 1.54) is 13.8 Å². The highest BCUT2D eigenvalue weighted by Gasteiger charge is 2.41. The van der Waals surface area contributed by atoms with E-state index in [2.05, 4.69) is 11.9 Å². The van der Waals surface area contributed by atoms with Gasteiger partial charge in [-0.05, 0) is 25.8 Å². The molecule has 0 radical (unpaired) electrons. The molecule has 1 rings (SSSR count). The van der Waals surface area contributed by atoms with Gasteiger partial charge in [-0.25, -0.2) is 4.79 Å². The van der Waals surface area contributed by atoms with E-state index >= 15 is 0 Å². The average Bonchev–Trinajstić information content (AvgIpc) is 2.64. The molecule has 158 valence electrons. The average molecular weight is 395 g/mol. The Kier molecular flexibility index (Phi) is 9.93. The smallest absolute Gasteiger partial charge is 0.333 e. The van der Waals surface area contributed by atoms with Crippen LogP contribution in [-0.4, -0.2) is 60.1 Å². The first-order chi connectivity index (χ1) is 13.3. The fraction of sp³-hybridized carbons (Fsp3) is 0.667. The molecule has 7 heteroatoms. The lowest BCUT2D eigenvalue weighted by atomic mass is 9.86. The van der Waals surface area contributed by atoms with Crippen LogP contribution in [0, 0.1) is 0 Å². The lowest BCUT2D eigenvalue weighted by Crippen LogP contribution is -2.60. The van der Waals surface area contributed by atoms with Gasteiger partial charge in [0.25, 0.3) is 0 Å². The normalized spacial score (nSPS) is 21.6. The van der Waals surface area contributed by atoms with Crippen molar-refractivity contribution in [1.29, 1.82) is 0 Å². The number of ether oxygens (including phenoxy) is 2. The van der Waals surface area contributed by atoms with Gasteiger partial charge in [0.05, 0.1) is 30.9 Å². The molecule has 0 spiro atoms. The minimum absolute atomic E-state index is 0.0233. The van der Waals surface area contributed by atoms with Crippen molar-refractivity contribution in [2.45, 2.75) is 78.2 Å². The van der Waals surface area contributed by atoms with Gasteiger partial charge in [0, 0.05) is 32.4 Å². The number of esters is 1. The molecule has 0 unspecified atom stereocenters. The van der Waals surface area contributed by atoms with Crippen LogP contribution in [0.4, 0.5) is 0 Å². The summed E-state index contributed by atoms with van der Waals surface area (Å²) in [7, 11) is 0. The third kappa shape index (κ3) is 6.48. The van der Waals surface area contributed by atoms with Crippen LogP contribution in [0.5, 0.6) is 0 Å². The molecule has 0 aromatic carbocycles. The molecule has 0 aromatic heterocycles. The number of hydrogen-bond acceptors (Lipinski definition) is 5. The molecule has 2 amide bonds. The Hall–Kier alpha value is -2.15. The SMILES string of the molecule is C=CCN(C(C)=O)[C@H]1CC(C(=O)OCC)=C[C@@H](OC(CC)CC)[C@@H]1NC(C)=O. The van der Waals surface area contributed by atoms with Gasteiger partial charge in [0.2, 0.25) is 11.8 Å². The summed E-state index contributed by atoms with van der Waals surface area (Å²) in [5.74, 6) is -0.802. The third-order valence-corrected chi connectivity index (χ3v) is 4.86. The second-order valence-corrected chi connectivity index (χ2v) is 6.91. The van der Waals surface area contributed by atoms with Crippen molar-refractivity contribution in [2.24, 2.45) is 0 Å². The highest BCUT2D eigenvalue weighted by Crippen LogP contribution is 2.28. The zero-order valence-electron chi connectivity index (χ0n) is 17.7. The number of carbonyl (C=O) groups excluding carboxylic acids is 3. The monoisotopic (exact) mass is 394 g/mol. The Morgan fingerprint density at radius 2 is 1.93 bits per heavy atom. The number of carbonyl (C=O) groups is 3. The van der Waals surface area contributed by atoms with E-state index in [0.29, 0.717) is 12.1 Å². The lowest BCUT2D eigenvalue weighted by Gasteiger charge is -2.43. The summed E-state index contributed by atoms with van der Waals surface area (Å²) < 4.78 is 11.4. The van der Waals surface area contributed by atoms with Gasteiger partial charge in [-0.3, -0.25) is 9.59 Å². The van der Waals surface area contributed by atoms with E-state index in [-0.39, 0.29) is 30.9 Å². The number of amides is 2. The van der Waals surface area contributed by atoms with Gasteiger partial charge < -0.3 is 19.7 Å². The van der Waals surface area contributed by atoms with Crippen LogP contribution in [0.3, 0.4) is 0 Å². The Morgan fingerprint density at radius 3 is 2.39 bits per heavy atom. The third-order valence-electron chi connectivity index (χ3n) is 4.86. The molecule has 0 aromatic rings. The Labute approximate surface area is 168 Å². The molecule has 0 fully saturated rings. The molecule has 3 atom stereocenters. The number of nitrogens with one attached hydrogen (secondary N) is 1. The van der Waals surface area contributed by atoms with E-state index in [0.717, 1.165) is 12.8 Å². The van der Waals surface area contributed by atoms with Crippen molar-refractivity contribution in [2.75, 3.05) is 13.2 Å². The Balaban J connectivity index is 3.38. The standard InChI is InChI=1S/C21H34N2O5/c1-7-11-23(15(6)25)18-12-16(21(26)27-10-4)13-19(20(18)22-14(5)24)28-17(8-2)9-3/h7,13,17-20H,1,8-12H2,2-6H3,(H,22,24)/t18-,19+,20+/m0/s1. The van der Waals surface area contributed by atoms with Crippen LogP contribution < -0.4 is 5.32 Å². The van der Waals surface area contributed by atoms with E-state index in [1.54, 1.807) is 24.0 Å². The summed E-state index contributed by atoms with van der Waals surface area (Å²) in [6, 6.07) is -0.914. The maximum Gasteiger partial charge on any atom is 0.333 e. The minimum atomic E-state index is -0.543. The van der Waals surface area contributed by atoms with Crippen molar-refractivity contribution in [1.82, 2.24) is 10.2 Å². The van der Waals surface area contributed by atoms with Crippen molar-refractivity contribution < 1.29 is 23.9 Å². The van der Waals surface area contributed by atoms with Crippen LogP contribution in [-0.2, 0) is 23.9 Å². The molecule has 0 saturated heterocycles. The molecule has 28 heavy (non-hydrogen) atoms. The van der Waals surface area contributed by atoms with E-state index in [4.69, 9.17) is 9.47 Å². The zero-order valence-corrected chi connectivity index (χ0v) is 17.7. The first kappa shape index (κ1) is 23.9. The van der Waals surface area contributed by atoms with Gasteiger partial charge in [-0.15, -0.1) is 6.58 Å². The molecule has 0 bridgehead atoms. The molecule has 1 aliphatic rings. The molecule has 1 aliphatic carbocycles. The van der Waals surface area contributed by atoms with Crippen LogP contribution in [0.2, 0.25) is 0 Å². The van der Waals surface area contributed by atoms with Crippen LogP contribution in [0.15, 0.2) is 24.3 Å². The summed E-state index contributed by atoms with van der Waals surface area (Å²) in [5, 5.41) is 2.93. The molecule has 0 saturated carbocycles. The predicted octanol–water partition coefficient (Wildman–Crippen LogP) is 2.36. The molecule has 0 aliphatic heterocycles. The molecule has 1 N–H and O–H groups in total. The maximum atomic E-state index is 12.4. The molecular weight excluding hydrogens is 360 g/mol. The fourth-order valence-corrected chi connectivity index (χ4v) is 3.50. The topological polar surface area (TPSA) is 84.9 Å². The minimum Gasteiger partial charge on any atom is -0.463 e. The van der Waals surface area contributed by atoms with Gasteiger partial charge in [0.1, 0.15) is 0 Å². The predicted molar refractivity (Wildman–Crippen MR) is 108 cm³/mol. The Bertz CT molecular complexity index is 598. The summed E-state index contributed by atoms with van der Waals surface area (Å²) in [6.07, 6.45) is 4.68. The van der Waals surface area contributed by atoms with Gasteiger partial charge in [-0.1, -0.05) is 19.9 Å². The van der Waals surface area contributed by atoms with Crippen molar-refractivity contribution in [3.8, 4) is 0 Å². The summed E-state index contributed by atoms with van der Waals surface area (Å²) >= 11 is 0. The largest absolute Gasteiger partial charge is 0.463 e. The van der Waals surface area contributed by atoms with Crippen molar-refractivity contribution >= 4 is 17.8 Å². The highest BCUT2D eigenvalue weighted by atomic mass is 16.5.